The summed E-state index contributed by atoms with van der Waals surface area (Å²) in [4.78, 5) is 56.6. The average molecular weight is 586 g/mol. The van der Waals surface area contributed by atoms with Gasteiger partial charge in [0, 0.05) is 40.1 Å². The molecule has 4 aromatic rings. The molecule has 3 N–H and O–H groups in total. The van der Waals surface area contributed by atoms with Gasteiger partial charge in [-0.25, -0.2) is 14.6 Å². The number of aromatic nitrogens is 1. The Kier molecular flexibility index (Phi) is 8.30. The van der Waals surface area contributed by atoms with E-state index in [2.05, 4.69) is 15.6 Å². The largest absolute Gasteiger partial charge is 0.493 e. The summed E-state index contributed by atoms with van der Waals surface area (Å²) in [6.45, 7) is 2.76. The van der Waals surface area contributed by atoms with Crippen molar-refractivity contribution in [3.8, 4) is 27.3 Å². The highest BCUT2D eigenvalue weighted by Gasteiger charge is 2.27. The fourth-order valence-corrected chi connectivity index (χ4v) is 5.66. The second kappa shape index (κ2) is 12.2. The van der Waals surface area contributed by atoms with Gasteiger partial charge in [-0.1, -0.05) is 19.1 Å². The van der Waals surface area contributed by atoms with Gasteiger partial charge in [-0.15, -0.1) is 11.3 Å². The second-order valence-electron chi connectivity index (χ2n) is 9.41. The fourth-order valence-electron chi connectivity index (χ4n) is 4.68. The SMILES string of the molecule is CCCNC(=O)c1ccc(-c2cc3c(cc2C(=O)Nc2ccccc2C(=O)O)-c2sccc2CCO3)c(C(=O)OC)n1. The van der Waals surface area contributed by atoms with Crippen molar-refractivity contribution in [2.24, 2.45) is 0 Å². The van der Waals surface area contributed by atoms with Crippen LogP contribution in [0.1, 0.15) is 60.6 Å². The standard InChI is InChI=1S/C31H27N3O7S/c1-3-12-32-29(36)24-9-8-18(26(33-24)31(39)40-2)20-16-25-22(27-17(10-13-41-25)11-14-42-27)15-21(20)28(35)34-23-7-5-4-6-19(23)30(37)38/h4-9,11,14-16H,3,10,12-13H2,1-2H3,(H,32,36)(H,34,35)(H,37,38). The molecule has 0 fully saturated rings. The van der Waals surface area contributed by atoms with E-state index in [1.807, 2.05) is 18.4 Å². The Morgan fingerprint density at radius 3 is 2.57 bits per heavy atom. The van der Waals surface area contributed by atoms with Gasteiger partial charge >= 0.3 is 11.9 Å². The van der Waals surface area contributed by atoms with Crippen LogP contribution in [-0.2, 0) is 11.2 Å². The van der Waals surface area contributed by atoms with Gasteiger partial charge in [0.15, 0.2) is 5.69 Å². The minimum atomic E-state index is -1.20. The molecule has 0 saturated carbocycles. The number of hydrogen-bond donors (Lipinski definition) is 3. The number of anilines is 1. The number of nitrogens with zero attached hydrogens (tertiary/aromatic N) is 1. The van der Waals surface area contributed by atoms with E-state index in [1.54, 1.807) is 24.3 Å². The van der Waals surface area contributed by atoms with Crippen LogP contribution in [0.3, 0.4) is 0 Å². The van der Waals surface area contributed by atoms with Crippen LogP contribution in [0.25, 0.3) is 21.6 Å². The Morgan fingerprint density at radius 1 is 1.00 bits per heavy atom. The van der Waals surface area contributed by atoms with Crippen molar-refractivity contribution >= 4 is 40.8 Å². The number of pyridine rings is 1. The maximum atomic E-state index is 13.9. The molecule has 0 bridgehead atoms. The number of carboxylic acid groups (broad SMARTS) is 1. The number of benzene rings is 2. The number of esters is 1. The van der Waals surface area contributed by atoms with Crippen LogP contribution in [0, 0.1) is 0 Å². The first-order valence-corrected chi connectivity index (χ1v) is 14.1. The normalized spacial score (nSPS) is 11.8. The van der Waals surface area contributed by atoms with E-state index >= 15 is 0 Å². The number of hydrogen-bond acceptors (Lipinski definition) is 8. The number of carboxylic acids is 1. The summed E-state index contributed by atoms with van der Waals surface area (Å²) in [5, 5.41) is 17.1. The zero-order valence-electron chi connectivity index (χ0n) is 22.9. The van der Waals surface area contributed by atoms with Crippen molar-refractivity contribution in [2.45, 2.75) is 19.8 Å². The highest BCUT2D eigenvalue weighted by atomic mass is 32.1. The molecule has 1 aliphatic rings. The molecule has 0 spiro atoms. The van der Waals surface area contributed by atoms with Gasteiger partial charge in [-0.05, 0) is 59.8 Å². The van der Waals surface area contributed by atoms with Gasteiger partial charge in [0.1, 0.15) is 11.4 Å². The molecule has 3 heterocycles. The van der Waals surface area contributed by atoms with Gasteiger partial charge < -0.3 is 25.2 Å². The monoisotopic (exact) mass is 585 g/mol. The Balaban J connectivity index is 1.70. The first kappa shape index (κ1) is 28.5. The molecule has 0 unspecified atom stereocenters. The van der Waals surface area contributed by atoms with Gasteiger partial charge in [0.05, 0.1) is 25.0 Å². The molecule has 0 radical (unpaired) electrons. The highest BCUT2D eigenvalue weighted by molar-refractivity contribution is 7.13. The number of amides is 2. The third kappa shape index (κ3) is 5.59. The van der Waals surface area contributed by atoms with Crippen molar-refractivity contribution in [3.63, 3.8) is 0 Å². The molecule has 0 saturated heterocycles. The highest BCUT2D eigenvalue weighted by Crippen LogP contribution is 2.43. The Morgan fingerprint density at radius 2 is 1.81 bits per heavy atom. The van der Waals surface area contributed by atoms with Crippen molar-refractivity contribution in [2.75, 3.05) is 25.6 Å². The average Bonchev–Trinajstić information content (AvgIpc) is 3.40. The third-order valence-electron chi connectivity index (χ3n) is 6.72. The van der Waals surface area contributed by atoms with Crippen LogP contribution in [0.4, 0.5) is 5.69 Å². The topological polar surface area (TPSA) is 144 Å². The number of para-hydroxylation sites is 1. The van der Waals surface area contributed by atoms with Crippen LogP contribution in [0.5, 0.6) is 5.75 Å². The number of carbonyl (C=O) groups excluding carboxylic acids is 3. The molecule has 0 atom stereocenters. The number of fused-ring (bicyclic) bond motifs is 3. The number of thiophene rings is 1. The van der Waals surface area contributed by atoms with E-state index < -0.39 is 23.8 Å². The molecule has 42 heavy (non-hydrogen) atoms. The predicted molar refractivity (Wildman–Crippen MR) is 158 cm³/mol. The zero-order valence-corrected chi connectivity index (χ0v) is 23.7. The number of rotatable bonds is 8. The van der Waals surface area contributed by atoms with E-state index in [-0.39, 0.29) is 33.8 Å². The quantitative estimate of drug-likeness (QED) is 0.237. The van der Waals surface area contributed by atoms with Crippen LogP contribution >= 0.6 is 11.3 Å². The van der Waals surface area contributed by atoms with Gasteiger partial charge in [0.25, 0.3) is 11.8 Å². The third-order valence-corrected chi connectivity index (χ3v) is 7.71. The van der Waals surface area contributed by atoms with E-state index in [9.17, 15) is 24.3 Å². The maximum absolute atomic E-state index is 13.9. The number of methoxy groups -OCH3 is 1. The summed E-state index contributed by atoms with van der Waals surface area (Å²) >= 11 is 1.52. The zero-order chi connectivity index (χ0) is 29.8. The second-order valence-corrected chi connectivity index (χ2v) is 10.3. The van der Waals surface area contributed by atoms with Crippen LogP contribution in [0.15, 0.2) is 60.0 Å². The van der Waals surface area contributed by atoms with Crippen LogP contribution in [-0.4, -0.2) is 54.1 Å². The molecular formula is C31H27N3O7S. The molecule has 2 aromatic carbocycles. The van der Waals surface area contributed by atoms with E-state index in [0.29, 0.717) is 36.4 Å². The summed E-state index contributed by atoms with van der Waals surface area (Å²) in [5.41, 5.74) is 2.35. The summed E-state index contributed by atoms with van der Waals surface area (Å²) in [6.07, 6.45) is 1.39. The molecule has 10 nitrogen and oxygen atoms in total. The summed E-state index contributed by atoms with van der Waals surface area (Å²) in [5.74, 6) is -2.54. The van der Waals surface area contributed by atoms with E-state index in [0.717, 1.165) is 16.9 Å². The fraction of sp³-hybridized carbons (Fsp3) is 0.194. The molecule has 0 aliphatic carbocycles. The molecule has 2 aromatic heterocycles. The van der Waals surface area contributed by atoms with Crippen LogP contribution < -0.4 is 15.4 Å². The number of aromatic carboxylic acids is 1. The Bertz CT molecular complexity index is 1710. The van der Waals surface area contributed by atoms with Crippen LogP contribution in [0.2, 0.25) is 0 Å². The molecule has 2 amide bonds. The summed E-state index contributed by atoms with van der Waals surface area (Å²) < 4.78 is 11.1. The van der Waals surface area contributed by atoms with E-state index in [4.69, 9.17) is 9.47 Å². The number of nitrogens with one attached hydrogen (secondary N) is 2. The molecular weight excluding hydrogens is 558 g/mol. The van der Waals surface area contributed by atoms with Crippen molar-refractivity contribution in [1.82, 2.24) is 10.3 Å². The first-order chi connectivity index (χ1) is 20.3. The summed E-state index contributed by atoms with van der Waals surface area (Å²) in [6, 6.07) is 14.4. The molecule has 1 aliphatic heterocycles. The molecule has 214 valence electrons. The maximum Gasteiger partial charge on any atom is 0.357 e. The summed E-state index contributed by atoms with van der Waals surface area (Å²) in [7, 11) is 1.20. The van der Waals surface area contributed by atoms with Gasteiger partial charge in [-0.3, -0.25) is 9.59 Å². The molecule has 11 heteroatoms. The van der Waals surface area contributed by atoms with Crippen molar-refractivity contribution < 1.29 is 33.8 Å². The van der Waals surface area contributed by atoms with Gasteiger partial charge in [0.2, 0.25) is 0 Å². The predicted octanol–water partition coefficient (Wildman–Crippen LogP) is 5.29. The number of ether oxygens (including phenoxy) is 2. The molecule has 5 rings (SSSR count). The van der Waals surface area contributed by atoms with Crippen molar-refractivity contribution in [3.05, 3.63) is 88.1 Å². The first-order valence-electron chi connectivity index (χ1n) is 13.2. The lowest BCUT2D eigenvalue weighted by Crippen LogP contribution is -2.26. The smallest absolute Gasteiger partial charge is 0.357 e. The Labute approximate surface area is 245 Å². The lowest BCUT2D eigenvalue weighted by atomic mass is 9.93. The lowest BCUT2D eigenvalue weighted by molar-refractivity contribution is 0.0593. The lowest BCUT2D eigenvalue weighted by Gasteiger charge is -2.18. The minimum Gasteiger partial charge on any atom is -0.493 e. The van der Waals surface area contributed by atoms with Crippen molar-refractivity contribution in [1.29, 1.82) is 0 Å². The van der Waals surface area contributed by atoms with Gasteiger partial charge in [-0.2, -0.15) is 0 Å². The Hall–Kier alpha value is -5.03. The van der Waals surface area contributed by atoms with E-state index in [1.165, 1.54) is 42.7 Å². The number of carbonyl (C=O) groups is 4. The minimum absolute atomic E-state index is 0.0169.